The van der Waals surface area contributed by atoms with Gasteiger partial charge in [-0.15, -0.1) is 0 Å². The molecule has 3 N–H and O–H groups in total. The summed E-state index contributed by atoms with van der Waals surface area (Å²) in [5.74, 6) is 1.30. The lowest BCUT2D eigenvalue weighted by Gasteiger charge is -2.30. The maximum Gasteiger partial charge on any atom is 0.193 e. The molecular formula is C18H30N4O. The fourth-order valence-corrected chi connectivity index (χ4v) is 3.08. The maximum atomic E-state index is 6.00. The van der Waals surface area contributed by atoms with E-state index in [1.54, 1.807) is 7.11 Å². The van der Waals surface area contributed by atoms with Crippen LogP contribution in [0.4, 0.5) is 5.69 Å². The highest BCUT2D eigenvalue weighted by molar-refractivity contribution is 5.92. The van der Waals surface area contributed by atoms with Gasteiger partial charge in [-0.25, -0.2) is 0 Å². The number of hydrogen-bond acceptors (Lipinski definition) is 3. The van der Waals surface area contributed by atoms with Crippen LogP contribution < -0.4 is 11.1 Å². The van der Waals surface area contributed by atoms with E-state index in [-0.39, 0.29) is 0 Å². The van der Waals surface area contributed by atoms with Gasteiger partial charge in [0.1, 0.15) is 0 Å². The zero-order valence-corrected chi connectivity index (χ0v) is 14.4. The van der Waals surface area contributed by atoms with Gasteiger partial charge in [-0.2, -0.15) is 0 Å². The molecule has 1 fully saturated rings. The third kappa shape index (κ3) is 6.20. The number of ether oxygens (including phenoxy) is 1. The van der Waals surface area contributed by atoms with Crippen LogP contribution >= 0.6 is 0 Å². The zero-order valence-electron chi connectivity index (χ0n) is 14.4. The fourth-order valence-electron chi connectivity index (χ4n) is 3.08. The molecule has 1 aromatic carbocycles. The zero-order chi connectivity index (χ0) is 16.5. The van der Waals surface area contributed by atoms with E-state index >= 15 is 0 Å². The smallest absolute Gasteiger partial charge is 0.193 e. The standard InChI is InChI=1S/C18H30N4O/c1-15-7-5-11-22(13-15)12-6-10-20-18(19)21-17-9-4-3-8-16(17)14-23-2/h3-4,8-9,15H,5-7,10-14H2,1-2H3,(H3,19,20,21). The van der Waals surface area contributed by atoms with Gasteiger partial charge >= 0.3 is 0 Å². The lowest BCUT2D eigenvalue weighted by atomic mass is 10.0. The van der Waals surface area contributed by atoms with Gasteiger partial charge in [-0.1, -0.05) is 25.1 Å². The van der Waals surface area contributed by atoms with Crippen molar-refractivity contribution in [1.29, 1.82) is 0 Å². The van der Waals surface area contributed by atoms with E-state index in [4.69, 9.17) is 10.5 Å². The summed E-state index contributed by atoms with van der Waals surface area (Å²) in [6, 6.07) is 7.99. The Labute approximate surface area is 139 Å². The average Bonchev–Trinajstić information content (AvgIpc) is 2.54. The number of methoxy groups -OCH3 is 1. The molecule has 0 spiro atoms. The summed E-state index contributed by atoms with van der Waals surface area (Å²) in [7, 11) is 1.69. The number of nitrogens with zero attached hydrogens (tertiary/aromatic N) is 2. The molecule has 0 bridgehead atoms. The second-order valence-corrected chi connectivity index (χ2v) is 6.38. The molecule has 0 aliphatic carbocycles. The van der Waals surface area contributed by atoms with Crippen molar-refractivity contribution in [3.8, 4) is 0 Å². The first-order chi connectivity index (χ1) is 11.2. The van der Waals surface area contributed by atoms with Gasteiger partial charge in [0.05, 0.1) is 6.61 Å². The normalized spacial score (nSPS) is 19.7. The summed E-state index contributed by atoms with van der Waals surface area (Å²) in [5, 5.41) is 3.17. The number of anilines is 1. The van der Waals surface area contributed by atoms with Gasteiger partial charge in [-0.3, -0.25) is 4.99 Å². The minimum atomic E-state index is 0.473. The Morgan fingerprint density at radius 1 is 1.43 bits per heavy atom. The van der Waals surface area contributed by atoms with E-state index in [1.807, 2.05) is 24.3 Å². The number of para-hydroxylation sites is 1. The molecule has 0 amide bonds. The van der Waals surface area contributed by atoms with Crippen molar-refractivity contribution in [3.05, 3.63) is 29.8 Å². The molecule has 1 heterocycles. The number of likely N-dealkylation sites (tertiary alicyclic amines) is 1. The summed E-state index contributed by atoms with van der Waals surface area (Å²) in [4.78, 5) is 6.98. The topological polar surface area (TPSA) is 62.9 Å². The number of piperidine rings is 1. The number of rotatable bonds is 7. The predicted molar refractivity (Wildman–Crippen MR) is 96.7 cm³/mol. The summed E-state index contributed by atoms with van der Waals surface area (Å²) in [6.07, 6.45) is 3.74. The molecule has 0 aromatic heterocycles. The molecule has 0 radical (unpaired) electrons. The highest BCUT2D eigenvalue weighted by Crippen LogP contribution is 2.16. The molecule has 5 nitrogen and oxygen atoms in total. The Morgan fingerprint density at radius 2 is 2.26 bits per heavy atom. The van der Waals surface area contributed by atoms with Crippen LogP contribution in [0, 0.1) is 5.92 Å². The van der Waals surface area contributed by atoms with Gasteiger partial charge < -0.3 is 20.7 Å². The highest BCUT2D eigenvalue weighted by Gasteiger charge is 2.15. The van der Waals surface area contributed by atoms with Crippen LogP contribution in [0.2, 0.25) is 0 Å². The van der Waals surface area contributed by atoms with Gasteiger partial charge in [0.25, 0.3) is 0 Å². The Kier molecular flexibility index (Phi) is 7.36. The Bertz CT molecular complexity index is 504. The molecule has 1 saturated heterocycles. The number of guanidine groups is 1. The van der Waals surface area contributed by atoms with Crippen LogP contribution in [0.3, 0.4) is 0 Å². The van der Waals surface area contributed by atoms with Crippen molar-refractivity contribution in [2.75, 3.05) is 38.6 Å². The lowest BCUT2D eigenvalue weighted by Crippen LogP contribution is -2.35. The minimum Gasteiger partial charge on any atom is -0.380 e. The van der Waals surface area contributed by atoms with Crippen LogP contribution in [-0.2, 0) is 11.3 Å². The second kappa shape index (κ2) is 9.53. The van der Waals surface area contributed by atoms with Crippen LogP contribution in [0.15, 0.2) is 29.3 Å². The first-order valence-corrected chi connectivity index (χ1v) is 8.55. The van der Waals surface area contributed by atoms with Gasteiger partial charge in [0.2, 0.25) is 0 Å². The largest absolute Gasteiger partial charge is 0.380 e. The molecule has 1 aliphatic rings. The molecule has 128 valence electrons. The van der Waals surface area contributed by atoms with E-state index < -0.39 is 0 Å². The Hall–Kier alpha value is -1.59. The number of benzene rings is 1. The van der Waals surface area contributed by atoms with E-state index in [0.29, 0.717) is 12.6 Å². The first-order valence-electron chi connectivity index (χ1n) is 8.55. The Balaban J connectivity index is 1.75. The van der Waals surface area contributed by atoms with Gasteiger partial charge in [0, 0.05) is 31.5 Å². The molecule has 2 rings (SSSR count). The van der Waals surface area contributed by atoms with E-state index in [0.717, 1.165) is 36.7 Å². The van der Waals surface area contributed by atoms with E-state index in [2.05, 4.69) is 22.1 Å². The molecular weight excluding hydrogens is 288 g/mol. The molecule has 1 aliphatic heterocycles. The number of nitrogens with two attached hydrogens (primary N) is 1. The second-order valence-electron chi connectivity index (χ2n) is 6.38. The summed E-state index contributed by atoms with van der Waals surface area (Å²) >= 11 is 0. The molecule has 0 saturated carbocycles. The van der Waals surface area contributed by atoms with E-state index in [9.17, 15) is 0 Å². The number of nitrogens with one attached hydrogen (secondary N) is 1. The van der Waals surface area contributed by atoms with Crippen molar-refractivity contribution in [2.24, 2.45) is 16.6 Å². The fraction of sp³-hybridized carbons (Fsp3) is 0.611. The lowest BCUT2D eigenvalue weighted by molar-refractivity contribution is 0.183. The van der Waals surface area contributed by atoms with Crippen LogP contribution in [-0.4, -0.2) is 44.1 Å². The molecule has 1 unspecified atom stereocenters. The molecule has 1 aromatic rings. The molecule has 1 atom stereocenters. The molecule has 23 heavy (non-hydrogen) atoms. The van der Waals surface area contributed by atoms with E-state index in [1.165, 1.54) is 25.9 Å². The van der Waals surface area contributed by atoms with Gasteiger partial charge in [-0.05, 0) is 44.3 Å². The summed E-state index contributed by atoms with van der Waals surface area (Å²) in [6.45, 7) is 7.22. The van der Waals surface area contributed by atoms with Crippen molar-refractivity contribution in [2.45, 2.75) is 32.8 Å². The van der Waals surface area contributed by atoms with Crippen molar-refractivity contribution >= 4 is 11.6 Å². The molecule has 5 heteroatoms. The average molecular weight is 318 g/mol. The minimum absolute atomic E-state index is 0.473. The highest BCUT2D eigenvalue weighted by atomic mass is 16.5. The Morgan fingerprint density at radius 3 is 3.04 bits per heavy atom. The monoisotopic (exact) mass is 318 g/mol. The number of hydrogen-bond donors (Lipinski definition) is 2. The van der Waals surface area contributed by atoms with Gasteiger partial charge in [0.15, 0.2) is 5.96 Å². The van der Waals surface area contributed by atoms with Crippen molar-refractivity contribution < 1.29 is 4.74 Å². The van der Waals surface area contributed by atoms with Crippen LogP contribution in [0.25, 0.3) is 0 Å². The quantitative estimate of drug-likeness (QED) is 0.461. The third-order valence-corrected chi connectivity index (χ3v) is 4.24. The maximum absolute atomic E-state index is 6.00. The van der Waals surface area contributed by atoms with Crippen LogP contribution in [0.1, 0.15) is 31.7 Å². The SMILES string of the molecule is COCc1ccccc1NC(N)=NCCCN1CCCC(C)C1. The first kappa shape index (κ1) is 17.8. The summed E-state index contributed by atoms with van der Waals surface area (Å²) in [5.41, 5.74) is 8.03. The third-order valence-electron chi connectivity index (χ3n) is 4.24. The predicted octanol–water partition coefficient (Wildman–Crippen LogP) is 2.68. The van der Waals surface area contributed by atoms with Crippen molar-refractivity contribution in [3.63, 3.8) is 0 Å². The van der Waals surface area contributed by atoms with Crippen LogP contribution in [0.5, 0.6) is 0 Å². The summed E-state index contributed by atoms with van der Waals surface area (Å²) < 4.78 is 5.20. The number of aliphatic imine (C=N–C) groups is 1. The van der Waals surface area contributed by atoms with Crippen molar-refractivity contribution in [1.82, 2.24) is 4.90 Å².